The van der Waals surface area contributed by atoms with Gasteiger partial charge in [-0.05, 0) is 31.5 Å². The third-order valence-corrected chi connectivity index (χ3v) is 2.92. The van der Waals surface area contributed by atoms with Crippen LogP contribution in [0.1, 0.15) is 25.5 Å². The maximum Gasteiger partial charge on any atom is 0.0731 e. The van der Waals surface area contributed by atoms with Crippen molar-refractivity contribution in [2.24, 2.45) is 0 Å². The predicted molar refractivity (Wildman–Crippen MR) is 71.4 cm³/mol. The number of aromatic nitrogens is 2. The molecule has 0 spiro atoms. The summed E-state index contributed by atoms with van der Waals surface area (Å²) in [6.45, 7) is 5.05. The van der Waals surface area contributed by atoms with E-state index in [4.69, 9.17) is 11.6 Å². The van der Waals surface area contributed by atoms with Crippen molar-refractivity contribution in [1.29, 1.82) is 0 Å². The fraction of sp³-hybridized carbons (Fsp3) is 0.308. The lowest BCUT2D eigenvalue weighted by molar-refractivity contribution is 0.660. The summed E-state index contributed by atoms with van der Waals surface area (Å²) in [5, 5.41) is 8.39. The molecule has 17 heavy (non-hydrogen) atoms. The molecule has 0 amide bonds. The van der Waals surface area contributed by atoms with E-state index >= 15 is 0 Å². The Bertz CT molecular complexity index is 493. The number of nitrogens with zero attached hydrogens (tertiary/aromatic N) is 2. The molecule has 0 bridgehead atoms. The van der Waals surface area contributed by atoms with Crippen LogP contribution in [0, 0.1) is 0 Å². The molecule has 1 aromatic heterocycles. The van der Waals surface area contributed by atoms with Gasteiger partial charge in [0, 0.05) is 23.8 Å². The minimum absolute atomic E-state index is 0.211. The Labute approximate surface area is 106 Å². The van der Waals surface area contributed by atoms with Crippen LogP contribution in [0.25, 0.3) is 0 Å². The Morgan fingerprint density at radius 1 is 1.47 bits per heavy atom. The summed E-state index contributed by atoms with van der Waals surface area (Å²) in [5.41, 5.74) is 2.20. The number of halogens is 1. The van der Waals surface area contributed by atoms with Crippen LogP contribution >= 0.6 is 11.6 Å². The van der Waals surface area contributed by atoms with Gasteiger partial charge in [-0.2, -0.15) is 5.10 Å². The Balaban J connectivity index is 2.08. The SMILES string of the molecule is CCn1cc(NC(C)c2cccc(Cl)c2)cn1. The highest BCUT2D eigenvalue weighted by molar-refractivity contribution is 6.30. The molecule has 0 aliphatic heterocycles. The average Bonchev–Trinajstić information content (AvgIpc) is 2.77. The minimum Gasteiger partial charge on any atom is -0.376 e. The van der Waals surface area contributed by atoms with Gasteiger partial charge >= 0.3 is 0 Å². The van der Waals surface area contributed by atoms with Gasteiger partial charge in [0.2, 0.25) is 0 Å². The summed E-state index contributed by atoms with van der Waals surface area (Å²) < 4.78 is 1.90. The molecule has 0 aliphatic carbocycles. The van der Waals surface area contributed by atoms with E-state index in [0.29, 0.717) is 0 Å². The maximum atomic E-state index is 5.97. The molecule has 1 unspecified atom stereocenters. The molecule has 0 aliphatic rings. The number of rotatable bonds is 4. The monoisotopic (exact) mass is 249 g/mol. The van der Waals surface area contributed by atoms with Crippen molar-refractivity contribution in [2.45, 2.75) is 26.4 Å². The van der Waals surface area contributed by atoms with Crippen LogP contribution in [0.15, 0.2) is 36.7 Å². The van der Waals surface area contributed by atoms with Gasteiger partial charge in [0.15, 0.2) is 0 Å². The fourth-order valence-electron chi connectivity index (χ4n) is 1.72. The molecule has 2 aromatic rings. The molecule has 1 N–H and O–H groups in total. The van der Waals surface area contributed by atoms with Crippen molar-refractivity contribution in [3.05, 3.63) is 47.2 Å². The van der Waals surface area contributed by atoms with E-state index < -0.39 is 0 Å². The van der Waals surface area contributed by atoms with Crippen LogP contribution < -0.4 is 5.32 Å². The zero-order chi connectivity index (χ0) is 12.3. The number of benzene rings is 1. The van der Waals surface area contributed by atoms with Gasteiger partial charge in [0.25, 0.3) is 0 Å². The Kier molecular flexibility index (Phi) is 3.69. The smallest absolute Gasteiger partial charge is 0.0731 e. The highest BCUT2D eigenvalue weighted by Crippen LogP contribution is 2.21. The lowest BCUT2D eigenvalue weighted by Gasteiger charge is -2.14. The molecule has 90 valence electrons. The van der Waals surface area contributed by atoms with Crippen LogP contribution in [0.4, 0.5) is 5.69 Å². The molecule has 1 heterocycles. The second-order valence-corrected chi connectivity index (χ2v) is 4.44. The first-order valence-electron chi connectivity index (χ1n) is 5.73. The number of anilines is 1. The average molecular weight is 250 g/mol. The number of aryl methyl sites for hydroxylation is 1. The first kappa shape index (κ1) is 12.0. The van der Waals surface area contributed by atoms with Crippen LogP contribution in [0.5, 0.6) is 0 Å². The fourth-order valence-corrected chi connectivity index (χ4v) is 1.92. The van der Waals surface area contributed by atoms with Crippen molar-refractivity contribution in [3.63, 3.8) is 0 Å². The van der Waals surface area contributed by atoms with Crippen molar-refractivity contribution in [2.75, 3.05) is 5.32 Å². The predicted octanol–water partition coefficient (Wildman–Crippen LogP) is 3.73. The van der Waals surface area contributed by atoms with Crippen molar-refractivity contribution in [3.8, 4) is 0 Å². The summed E-state index contributed by atoms with van der Waals surface area (Å²) in [6, 6.07) is 8.10. The largest absolute Gasteiger partial charge is 0.376 e. The molecule has 2 rings (SSSR count). The van der Waals surface area contributed by atoms with Gasteiger partial charge < -0.3 is 5.32 Å². The molecule has 0 fully saturated rings. The van der Waals surface area contributed by atoms with Gasteiger partial charge in [0.05, 0.1) is 11.9 Å². The van der Waals surface area contributed by atoms with E-state index in [1.165, 1.54) is 5.56 Å². The molecule has 1 atom stereocenters. The van der Waals surface area contributed by atoms with Gasteiger partial charge in [-0.25, -0.2) is 0 Å². The molecule has 0 saturated heterocycles. The highest BCUT2D eigenvalue weighted by Gasteiger charge is 2.06. The zero-order valence-corrected chi connectivity index (χ0v) is 10.8. The Morgan fingerprint density at radius 2 is 2.29 bits per heavy atom. The van der Waals surface area contributed by atoms with Crippen LogP contribution in [0.3, 0.4) is 0 Å². The van der Waals surface area contributed by atoms with Gasteiger partial charge in [-0.1, -0.05) is 23.7 Å². The van der Waals surface area contributed by atoms with E-state index in [2.05, 4.69) is 30.3 Å². The third kappa shape index (κ3) is 3.01. The van der Waals surface area contributed by atoms with Gasteiger partial charge in [-0.15, -0.1) is 0 Å². The third-order valence-electron chi connectivity index (χ3n) is 2.69. The molecule has 0 radical (unpaired) electrons. The first-order valence-corrected chi connectivity index (χ1v) is 6.11. The quantitative estimate of drug-likeness (QED) is 0.895. The first-order chi connectivity index (χ1) is 8.19. The zero-order valence-electron chi connectivity index (χ0n) is 10.0. The minimum atomic E-state index is 0.211. The second-order valence-electron chi connectivity index (χ2n) is 4.01. The summed E-state index contributed by atoms with van der Waals surface area (Å²) in [6.07, 6.45) is 3.84. The van der Waals surface area contributed by atoms with Gasteiger partial charge in [-0.3, -0.25) is 4.68 Å². The Hall–Kier alpha value is -1.48. The summed E-state index contributed by atoms with van der Waals surface area (Å²) >= 11 is 5.97. The van der Waals surface area contributed by atoms with Crippen LogP contribution in [0.2, 0.25) is 5.02 Å². The topological polar surface area (TPSA) is 29.9 Å². The molecule has 1 aromatic carbocycles. The van der Waals surface area contributed by atoms with E-state index in [0.717, 1.165) is 17.3 Å². The number of nitrogens with one attached hydrogen (secondary N) is 1. The maximum absolute atomic E-state index is 5.97. The molecule has 0 saturated carbocycles. The lowest BCUT2D eigenvalue weighted by Crippen LogP contribution is -2.05. The summed E-state index contributed by atoms with van der Waals surface area (Å²) in [7, 11) is 0. The summed E-state index contributed by atoms with van der Waals surface area (Å²) in [4.78, 5) is 0. The molecular formula is C13H16ClN3. The van der Waals surface area contributed by atoms with E-state index in [-0.39, 0.29) is 6.04 Å². The van der Waals surface area contributed by atoms with Crippen molar-refractivity contribution >= 4 is 17.3 Å². The normalized spacial score (nSPS) is 12.4. The molecule has 4 heteroatoms. The van der Waals surface area contributed by atoms with Gasteiger partial charge in [0.1, 0.15) is 0 Å². The molecule has 3 nitrogen and oxygen atoms in total. The lowest BCUT2D eigenvalue weighted by atomic mass is 10.1. The standard InChI is InChI=1S/C13H16ClN3/c1-3-17-9-13(8-15-17)16-10(2)11-5-4-6-12(14)7-11/h4-10,16H,3H2,1-2H3. The van der Waals surface area contributed by atoms with Crippen molar-refractivity contribution in [1.82, 2.24) is 9.78 Å². The van der Waals surface area contributed by atoms with Crippen LogP contribution in [-0.2, 0) is 6.54 Å². The van der Waals surface area contributed by atoms with Crippen molar-refractivity contribution < 1.29 is 0 Å². The second kappa shape index (κ2) is 5.23. The number of hydrogen-bond donors (Lipinski definition) is 1. The number of hydrogen-bond acceptors (Lipinski definition) is 2. The Morgan fingerprint density at radius 3 is 2.94 bits per heavy atom. The highest BCUT2D eigenvalue weighted by atomic mass is 35.5. The van der Waals surface area contributed by atoms with Crippen LogP contribution in [-0.4, -0.2) is 9.78 Å². The van der Waals surface area contributed by atoms with E-state index in [1.54, 1.807) is 0 Å². The van der Waals surface area contributed by atoms with E-state index in [1.807, 2.05) is 35.3 Å². The van der Waals surface area contributed by atoms with E-state index in [9.17, 15) is 0 Å². The molecular weight excluding hydrogens is 234 g/mol. The summed E-state index contributed by atoms with van der Waals surface area (Å²) in [5.74, 6) is 0.